The van der Waals surface area contributed by atoms with Gasteiger partial charge < -0.3 is 18.8 Å². The number of hydrogen-bond acceptors (Lipinski definition) is 4. The second-order valence-corrected chi connectivity index (χ2v) is 7.37. The molecule has 0 unspecified atom stereocenters. The van der Waals surface area contributed by atoms with E-state index in [0.29, 0.717) is 18.8 Å². The number of rotatable bonds is 3. The molecule has 0 N–H and O–H groups in total. The molecule has 5 nitrogen and oxygen atoms in total. The van der Waals surface area contributed by atoms with Crippen molar-refractivity contribution in [3.05, 3.63) is 47.9 Å². The van der Waals surface area contributed by atoms with Crippen LogP contribution in [0.15, 0.2) is 41.0 Å². The second kappa shape index (κ2) is 6.14. The number of ether oxygens (including phenoxy) is 2. The molecule has 3 heterocycles. The maximum absolute atomic E-state index is 12.3. The van der Waals surface area contributed by atoms with E-state index in [0.717, 1.165) is 30.8 Å². The topological polar surface area (TPSA) is 51.9 Å². The molecule has 1 aromatic heterocycles. The summed E-state index contributed by atoms with van der Waals surface area (Å²) >= 11 is 0. The van der Waals surface area contributed by atoms with Crippen molar-refractivity contribution in [2.75, 3.05) is 13.1 Å². The zero-order chi connectivity index (χ0) is 17.4. The van der Waals surface area contributed by atoms with Crippen LogP contribution in [0.4, 0.5) is 0 Å². The standard InChI is InChI=1S/C20H23NO4/c1-20(2)13-14-5-3-6-16(18(14)25-20)24-15-8-10-21(11-9-15)19(22)17-7-4-12-23-17/h3-7,12,15H,8-11,13H2,1-2H3. The van der Waals surface area contributed by atoms with Crippen LogP contribution in [-0.4, -0.2) is 35.6 Å². The van der Waals surface area contributed by atoms with Crippen molar-refractivity contribution in [3.8, 4) is 11.5 Å². The molecule has 0 saturated carbocycles. The molecule has 1 aromatic carbocycles. The van der Waals surface area contributed by atoms with Gasteiger partial charge in [0.1, 0.15) is 11.7 Å². The van der Waals surface area contributed by atoms with Gasteiger partial charge in [-0.1, -0.05) is 12.1 Å². The van der Waals surface area contributed by atoms with E-state index in [1.807, 2.05) is 17.0 Å². The molecule has 4 rings (SSSR count). The third kappa shape index (κ3) is 3.23. The molecule has 1 fully saturated rings. The summed E-state index contributed by atoms with van der Waals surface area (Å²) in [5, 5.41) is 0. The van der Waals surface area contributed by atoms with Crippen LogP contribution in [0.25, 0.3) is 0 Å². The third-order valence-electron chi connectivity index (χ3n) is 4.81. The summed E-state index contributed by atoms with van der Waals surface area (Å²) in [5.41, 5.74) is 1.02. The smallest absolute Gasteiger partial charge is 0.289 e. The van der Waals surface area contributed by atoms with Crippen molar-refractivity contribution in [2.45, 2.75) is 44.8 Å². The first kappa shape index (κ1) is 16.1. The highest BCUT2D eigenvalue weighted by Crippen LogP contribution is 2.42. The molecule has 0 aliphatic carbocycles. The van der Waals surface area contributed by atoms with E-state index in [-0.39, 0.29) is 17.6 Å². The second-order valence-electron chi connectivity index (χ2n) is 7.37. The van der Waals surface area contributed by atoms with Crippen LogP contribution in [0.2, 0.25) is 0 Å². The van der Waals surface area contributed by atoms with Crippen LogP contribution in [0.5, 0.6) is 11.5 Å². The van der Waals surface area contributed by atoms with Crippen LogP contribution >= 0.6 is 0 Å². The first-order chi connectivity index (χ1) is 12.0. The number of benzene rings is 1. The number of para-hydroxylation sites is 1. The van der Waals surface area contributed by atoms with Crippen molar-refractivity contribution in [1.82, 2.24) is 4.90 Å². The zero-order valence-corrected chi connectivity index (χ0v) is 14.7. The summed E-state index contributed by atoms with van der Waals surface area (Å²) < 4.78 is 17.5. The number of hydrogen-bond donors (Lipinski definition) is 0. The van der Waals surface area contributed by atoms with E-state index < -0.39 is 0 Å². The Morgan fingerprint density at radius 2 is 2.00 bits per heavy atom. The monoisotopic (exact) mass is 341 g/mol. The molecule has 5 heteroatoms. The van der Waals surface area contributed by atoms with E-state index >= 15 is 0 Å². The lowest BCUT2D eigenvalue weighted by Crippen LogP contribution is -2.41. The van der Waals surface area contributed by atoms with Gasteiger partial charge in [0, 0.05) is 37.9 Å². The SMILES string of the molecule is CC1(C)Cc2cccc(OC3CCN(C(=O)c4ccco4)CC3)c2O1. The van der Waals surface area contributed by atoms with Gasteiger partial charge in [-0.2, -0.15) is 0 Å². The molecule has 0 bridgehead atoms. The zero-order valence-electron chi connectivity index (χ0n) is 14.7. The number of carbonyl (C=O) groups is 1. The van der Waals surface area contributed by atoms with E-state index in [9.17, 15) is 4.79 Å². The van der Waals surface area contributed by atoms with E-state index in [1.54, 1.807) is 12.1 Å². The van der Waals surface area contributed by atoms with Crippen molar-refractivity contribution < 1.29 is 18.7 Å². The minimum absolute atomic E-state index is 0.0471. The molecule has 2 aliphatic heterocycles. The number of fused-ring (bicyclic) bond motifs is 1. The highest BCUT2D eigenvalue weighted by molar-refractivity contribution is 5.91. The van der Waals surface area contributed by atoms with Gasteiger partial charge in [-0.25, -0.2) is 0 Å². The van der Waals surface area contributed by atoms with Crippen LogP contribution in [-0.2, 0) is 6.42 Å². The fourth-order valence-corrected chi connectivity index (χ4v) is 3.59. The van der Waals surface area contributed by atoms with Gasteiger partial charge in [0.05, 0.1) is 6.26 Å². The molecule has 25 heavy (non-hydrogen) atoms. The van der Waals surface area contributed by atoms with Gasteiger partial charge >= 0.3 is 0 Å². The number of piperidine rings is 1. The molecule has 0 atom stereocenters. The fourth-order valence-electron chi connectivity index (χ4n) is 3.59. The maximum atomic E-state index is 12.3. The van der Waals surface area contributed by atoms with Gasteiger partial charge in [-0.3, -0.25) is 4.79 Å². The first-order valence-corrected chi connectivity index (χ1v) is 8.82. The summed E-state index contributed by atoms with van der Waals surface area (Å²) in [6, 6.07) is 9.54. The summed E-state index contributed by atoms with van der Waals surface area (Å²) in [7, 11) is 0. The number of likely N-dealkylation sites (tertiary alicyclic amines) is 1. The van der Waals surface area contributed by atoms with Crippen molar-refractivity contribution in [3.63, 3.8) is 0 Å². The number of furan rings is 1. The minimum atomic E-state index is -0.180. The van der Waals surface area contributed by atoms with Crippen LogP contribution in [0.1, 0.15) is 42.8 Å². The minimum Gasteiger partial charge on any atom is -0.486 e. The molecule has 132 valence electrons. The van der Waals surface area contributed by atoms with E-state index in [4.69, 9.17) is 13.9 Å². The fraction of sp³-hybridized carbons (Fsp3) is 0.450. The van der Waals surface area contributed by atoms with Gasteiger partial charge in [0.25, 0.3) is 5.91 Å². The number of amides is 1. The quantitative estimate of drug-likeness (QED) is 0.855. The average Bonchev–Trinajstić information content (AvgIpc) is 3.22. The van der Waals surface area contributed by atoms with Crippen molar-refractivity contribution >= 4 is 5.91 Å². The van der Waals surface area contributed by atoms with Crippen molar-refractivity contribution in [2.24, 2.45) is 0 Å². The normalized spacial score (nSPS) is 19.4. The summed E-state index contributed by atoms with van der Waals surface area (Å²) in [4.78, 5) is 14.1. The molecule has 1 saturated heterocycles. The van der Waals surface area contributed by atoms with E-state index in [1.165, 1.54) is 11.8 Å². The lowest BCUT2D eigenvalue weighted by molar-refractivity contribution is 0.0551. The Labute approximate surface area is 147 Å². The maximum Gasteiger partial charge on any atom is 0.289 e. The van der Waals surface area contributed by atoms with Crippen LogP contribution in [0, 0.1) is 0 Å². The highest BCUT2D eigenvalue weighted by Gasteiger charge is 2.33. The van der Waals surface area contributed by atoms with E-state index in [2.05, 4.69) is 19.9 Å². The third-order valence-corrected chi connectivity index (χ3v) is 4.81. The Kier molecular flexibility index (Phi) is 3.94. The molecule has 2 aromatic rings. The predicted molar refractivity (Wildman–Crippen MR) is 93.1 cm³/mol. The van der Waals surface area contributed by atoms with Crippen molar-refractivity contribution in [1.29, 1.82) is 0 Å². The Bertz CT molecular complexity index is 758. The number of carbonyl (C=O) groups excluding carboxylic acids is 1. The van der Waals surface area contributed by atoms with Crippen LogP contribution < -0.4 is 9.47 Å². The first-order valence-electron chi connectivity index (χ1n) is 8.82. The van der Waals surface area contributed by atoms with Gasteiger partial charge in [0.2, 0.25) is 0 Å². The summed E-state index contributed by atoms with van der Waals surface area (Å²) in [5.74, 6) is 2.05. The summed E-state index contributed by atoms with van der Waals surface area (Å²) in [6.45, 7) is 5.53. The molecule has 1 amide bonds. The lowest BCUT2D eigenvalue weighted by Gasteiger charge is -2.32. The van der Waals surface area contributed by atoms with Crippen LogP contribution in [0.3, 0.4) is 0 Å². The Hall–Kier alpha value is -2.43. The molecule has 0 radical (unpaired) electrons. The highest BCUT2D eigenvalue weighted by atomic mass is 16.5. The molecular weight excluding hydrogens is 318 g/mol. The van der Waals surface area contributed by atoms with Gasteiger partial charge in [0.15, 0.2) is 17.3 Å². The molecule has 0 spiro atoms. The molecular formula is C20H23NO4. The van der Waals surface area contributed by atoms with Gasteiger partial charge in [-0.05, 0) is 32.0 Å². The Morgan fingerprint density at radius 3 is 2.72 bits per heavy atom. The Morgan fingerprint density at radius 1 is 1.20 bits per heavy atom. The van der Waals surface area contributed by atoms with Gasteiger partial charge in [-0.15, -0.1) is 0 Å². The Balaban J connectivity index is 1.39. The predicted octanol–water partition coefficient (Wildman–Crippen LogP) is 3.68. The lowest BCUT2D eigenvalue weighted by atomic mass is 10.0. The molecule has 2 aliphatic rings. The largest absolute Gasteiger partial charge is 0.486 e. The number of nitrogens with zero attached hydrogens (tertiary/aromatic N) is 1. The summed E-state index contributed by atoms with van der Waals surface area (Å²) in [6.07, 6.45) is 4.13. The average molecular weight is 341 g/mol.